The monoisotopic (exact) mass is 289 g/mol. The van der Waals surface area contributed by atoms with Crippen molar-refractivity contribution in [1.29, 1.82) is 0 Å². The number of aryl methyl sites for hydroxylation is 1. The van der Waals surface area contributed by atoms with Crippen molar-refractivity contribution in [2.24, 2.45) is 0 Å². The third kappa shape index (κ3) is 4.43. The molecule has 1 aromatic heterocycles. The van der Waals surface area contributed by atoms with E-state index in [1.165, 1.54) is 11.1 Å². The molecule has 1 atom stereocenters. The second-order valence-electron chi connectivity index (χ2n) is 4.96. The zero-order valence-electron chi connectivity index (χ0n) is 12.3. The van der Waals surface area contributed by atoms with E-state index >= 15 is 0 Å². The summed E-state index contributed by atoms with van der Waals surface area (Å²) in [7, 11) is 0. The molecule has 1 heterocycles. The molecule has 3 heteroatoms. The van der Waals surface area contributed by atoms with Gasteiger partial charge in [-0.2, -0.15) is 11.8 Å². The molecular formula is C17H23NOS. The summed E-state index contributed by atoms with van der Waals surface area (Å²) < 4.78 is 5.38. The quantitative estimate of drug-likeness (QED) is 0.771. The van der Waals surface area contributed by atoms with E-state index in [9.17, 15) is 0 Å². The Hall–Kier alpha value is -1.19. The Morgan fingerprint density at radius 3 is 2.75 bits per heavy atom. The number of benzene rings is 1. The summed E-state index contributed by atoms with van der Waals surface area (Å²) in [5.41, 5.74) is 2.77. The molecule has 0 aliphatic carbocycles. The third-order valence-electron chi connectivity index (χ3n) is 3.31. The minimum absolute atomic E-state index is 0.413. The molecule has 2 aromatic rings. The maximum atomic E-state index is 5.38. The van der Waals surface area contributed by atoms with Gasteiger partial charge in [-0.3, -0.25) is 0 Å². The van der Waals surface area contributed by atoms with Crippen molar-refractivity contribution in [3.05, 3.63) is 59.5 Å². The molecule has 2 nitrogen and oxygen atoms in total. The van der Waals surface area contributed by atoms with E-state index in [0.717, 1.165) is 30.2 Å². The lowest BCUT2D eigenvalue weighted by molar-refractivity contribution is 0.529. The molecular weight excluding hydrogens is 266 g/mol. The third-order valence-corrected chi connectivity index (χ3v) is 4.37. The van der Waals surface area contributed by atoms with Crippen molar-refractivity contribution >= 4 is 11.8 Å². The summed E-state index contributed by atoms with van der Waals surface area (Å²) in [4.78, 5) is 0. The standard InChI is InChI=1S/C17H23NOS/c1-3-10-18-17(16-9-5-4-7-14(16)2)13-20-12-15-8-6-11-19-15/h4-9,11,17-18H,3,10,12-13H2,1-2H3. The molecule has 1 N–H and O–H groups in total. The summed E-state index contributed by atoms with van der Waals surface area (Å²) in [6.45, 7) is 5.45. The molecule has 0 spiro atoms. The van der Waals surface area contributed by atoms with Crippen LogP contribution in [0.5, 0.6) is 0 Å². The fourth-order valence-electron chi connectivity index (χ4n) is 2.23. The van der Waals surface area contributed by atoms with Crippen LogP contribution in [0.1, 0.15) is 36.3 Å². The van der Waals surface area contributed by atoms with Crippen LogP contribution in [0, 0.1) is 6.92 Å². The first-order valence-electron chi connectivity index (χ1n) is 7.20. The highest BCUT2D eigenvalue weighted by Gasteiger charge is 2.13. The Morgan fingerprint density at radius 2 is 2.05 bits per heavy atom. The maximum absolute atomic E-state index is 5.38. The van der Waals surface area contributed by atoms with Crippen molar-refractivity contribution in [3.63, 3.8) is 0 Å². The molecule has 2 rings (SSSR count). The van der Waals surface area contributed by atoms with Gasteiger partial charge in [0.1, 0.15) is 5.76 Å². The van der Waals surface area contributed by atoms with E-state index in [1.54, 1.807) is 6.26 Å². The summed E-state index contributed by atoms with van der Waals surface area (Å²) in [6.07, 6.45) is 2.90. The number of thioether (sulfide) groups is 1. The first-order valence-corrected chi connectivity index (χ1v) is 8.35. The number of rotatable bonds is 8. The largest absolute Gasteiger partial charge is 0.468 e. The summed E-state index contributed by atoms with van der Waals surface area (Å²) >= 11 is 1.92. The predicted octanol–water partition coefficient (Wildman–Crippen LogP) is 4.56. The zero-order chi connectivity index (χ0) is 14.2. The van der Waals surface area contributed by atoms with Gasteiger partial charge in [-0.05, 0) is 43.1 Å². The lowest BCUT2D eigenvalue weighted by Crippen LogP contribution is -2.24. The number of furan rings is 1. The van der Waals surface area contributed by atoms with Gasteiger partial charge in [0.2, 0.25) is 0 Å². The van der Waals surface area contributed by atoms with Gasteiger partial charge < -0.3 is 9.73 Å². The Kier molecular flexibility index (Phi) is 6.22. The van der Waals surface area contributed by atoms with Crippen LogP contribution in [0.25, 0.3) is 0 Å². The van der Waals surface area contributed by atoms with Crippen molar-refractivity contribution in [3.8, 4) is 0 Å². The number of nitrogens with one attached hydrogen (secondary N) is 1. The van der Waals surface area contributed by atoms with Gasteiger partial charge in [-0.15, -0.1) is 0 Å². The summed E-state index contributed by atoms with van der Waals surface area (Å²) in [5.74, 6) is 3.04. The van der Waals surface area contributed by atoms with E-state index in [4.69, 9.17) is 4.42 Å². The average molecular weight is 289 g/mol. The lowest BCUT2D eigenvalue weighted by atomic mass is 10.0. The molecule has 20 heavy (non-hydrogen) atoms. The average Bonchev–Trinajstić information content (AvgIpc) is 2.97. The fraction of sp³-hybridized carbons (Fsp3) is 0.412. The predicted molar refractivity (Wildman–Crippen MR) is 87.1 cm³/mol. The molecule has 0 aliphatic heterocycles. The van der Waals surface area contributed by atoms with Crippen LogP contribution < -0.4 is 5.32 Å². The van der Waals surface area contributed by atoms with Gasteiger partial charge in [0.05, 0.1) is 12.0 Å². The van der Waals surface area contributed by atoms with Crippen LogP contribution in [0.15, 0.2) is 47.1 Å². The molecule has 0 saturated heterocycles. The van der Waals surface area contributed by atoms with Crippen molar-refractivity contribution in [2.45, 2.75) is 32.1 Å². The second kappa shape index (κ2) is 8.18. The normalized spacial score (nSPS) is 12.5. The van der Waals surface area contributed by atoms with Crippen LogP contribution in [0.3, 0.4) is 0 Å². The van der Waals surface area contributed by atoms with Crippen LogP contribution in [0.2, 0.25) is 0 Å². The fourth-order valence-corrected chi connectivity index (χ4v) is 3.24. The van der Waals surface area contributed by atoms with Crippen molar-refractivity contribution in [1.82, 2.24) is 5.32 Å². The highest BCUT2D eigenvalue weighted by molar-refractivity contribution is 7.98. The minimum Gasteiger partial charge on any atom is -0.468 e. The zero-order valence-corrected chi connectivity index (χ0v) is 13.1. The van der Waals surface area contributed by atoms with Gasteiger partial charge in [-0.25, -0.2) is 0 Å². The van der Waals surface area contributed by atoms with Gasteiger partial charge in [0.15, 0.2) is 0 Å². The molecule has 0 amide bonds. The molecule has 0 radical (unpaired) electrons. The van der Waals surface area contributed by atoms with Gasteiger partial charge >= 0.3 is 0 Å². The molecule has 1 unspecified atom stereocenters. The Morgan fingerprint density at radius 1 is 1.20 bits per heavy atom. The maximum Gasteiger partial charge on any atom is 0.113 e. The lowest BCUT2D eigenvalue weighted by Gasteiger charge is -2.20. The topological polar surface area (TPSA) is 25.2 Å². The van der Waals surface area contributed by atoms with Crippen LogP contribution in [-0.4, -0.2) is 12.3 Å². The smallest absolute Gasteiger partial charge is 0.113 e. The summed E-state index contributed by atoms with van der Waals surface area (Å²) in [6, 6.07) is 13.0. The number of hydrogen-bond acceptors (Lipinski definition) is 3. The van der Waals surface area contributed by atoms with Gasteiger partial charge in [0.25, 0.3) is 0 Å². The van der Waals surface area contributed by atoms with Gasteiger partial charge in [0, 0.05) is 11.8 Å². The van der Waals surface area contributed by atoms with E-state index in [1.807, 2.05) is 23.9 Å². The molecule has 108 valence electrons. The van der Waals surface area contributed by atoms with E-state index in [-0.39, 0.29) is 0 Å². The van der Waals surface area contributed by atoms with Gasteiger partial charge in [-0.1, -0.05) is 31.2 Å². The van der Waals surface area contributed by atoms with Crippen LogP contribution in [0.4, 0.5) is 0 Å². The van der Waals surface area contributed by atoms with Crippen LogP contribution in [-0.2, 0) is 5.75 Å². The van der Waals surface area contributed by atoms with Crippen LogP contribution >= 0.6 is 11.8 Å². The van der Waals surface area contributed by atoms with Crippen molar-refractivity contribution < 1.29 is 4.42 Å². The highest BCUT2D eigenvalue weighted by Crippen LogP contribution is 2.23. The minimum atomic E-state index is 0.413. The molecule has 0 fully saturated rings. The Bertz CT molecular complexity index is 495. The first kappa shape index (κ1) is 15.2. The van der Waals surface area contributed by atoms with E-state index in [2.05, 4.69) is 43.4 Å². The first-order chi connectivity index (χ1) is 9.81. The molecule has 1 aromatic carbocycles. The number of hydrogen-bond donors (Lipinski definition) is 1. The Labute approximate surface area is 126 Å². The molecule has 0 saturated carbocycles. The molecule has 0 aliphatic rings. The van der Waals surface area contributed by atoms with E-state index in [0.29, 0.717) is 6.04 Å². The Balaban J connectivity index is 1.95. The summed E-state index contributed by atoms with van der Waals surface area (Å²) in [5, 5.41) is 3.66. The molecule has 0 bridgehead atoms. The van der Waals surface area contributed by atoms with Crippen molar-refractivity contribution in [2.75, 3.05) is 12.3 Å². The van der Waals surface area contributed by atoms with E-state index < -0.39 is 0 Å². The highest BCUT2D eigenvalue weighted by atomic mass is 32.2. The second-order valence-corrected chi connectivity index (χ2v) is 5.99. The SMILES string of the molecule is CCCNC(CSCc1ccco1)c1ccccc1C.